The van der Waals surface area contributed by atoms with E-state index in [1.807, 2.05) is 6.20 Å². The first-order valence-electron chi connectivity index (χ1n) is 8.45. The van der Waals surface area contributed by atoms with Gasteiger partial charge in [0.25, 0.3) is 0 Å². The van der Waals surface area contributed by atoms with Crippen LogP contribution in [0, 0.1) is 20.8 Å². The van der Waals surface area contributed by atoms with Crippen molar-refractivity contribution >= 4 is 28.6 Å². The Kier molecular flexibility index (Phi) is 4.07. The van der Waals surface area contributed by atoms with Gasteiger partial charge >= 0.3 is 0 Å². The predicted octanol–water partition coefficient (Wildman–Crippen LogP) is 3.52. The third-order valence-electron chi connectivity index (χ3n) is 4.80. The summed E-state index contributed by atoms with van der Waals surface area (Å²) in [6.07, 6.45) is 4.06. The summed E-state index contributed by atoms with van der Waals surface area (Å²) in [6, 6.07) is 2.15. The Morgan fingerprint density at radius 2 is 2.20 bits per heavy atom. The molecule has 130 valence electrons. The molecule has 0 saturated heterocycles. The quantitative estimate of drug-likeness (QED) is 0.778. The summed E-state index contributed by atoms with van der Waals surface area (Å²) in [6.45, 7) is 7.67. The average molecular weight is 355 g/mol. The van der Waals surface area contributed by atoms with Crippen LogP contribution < -0.4 is 5.32 Å². The number of nitrogens with one attached hydrogen (secondary N) is 1. The molecule has 3 heterocycles. The fourth-order valence-corrected chi connectivity index (χ4v) is 4.35. The van der Waals surface area contributed by atoms with Crippen LogP contribution in [0.15, 0.2) is 28.1 Å². The van der Waals surface area contributed by atoms with Gasteiger partial charge in [-0.25, -0.2) is 4.98 Å². The van der Waals surface area contributed by atoms with E-state index in [1.165, 1.54) is 5.56 Å². The summed E-state index contributed by atoms with van der Waals surface area (Å²) in [7, 11) is 0. The molecule has 1 aliphatic rings. The van der Waals surface area contributed by atoms with Gasteiger partial charge in [-0.3, -0.25) is 4.79 Å². The molecule has 0 saturated carbocycles. The fraction of sp³-hybridized carbons (Fsp3) is 0.368. The highest BCUT2D eigenvalue weighted by atomic mass is 32.2. The van der Waals surface area contributed by atoms with Gasteiger partial charge < -0.3 is 14.3 Å². The van der Waals surface area contributed by atoms with Crippen LogP contribution in [-0.4, -0.2) is 21.2 Å². The first-order chi connectivity index (χ1) is 12.0. The number of carbonyl (C=O) groups excluding carboxylic acids is 1. The van der Waals surface area contributed by atoms with Crippen LogP contribution in [-0.2, 0) is 24.3 Å². The van der Waals surface area contributed by atoms with Crippen LogP contribution in [0.2, 0.25) is 0 Å². The van der Waals surface area contributed by atoms with Gasteiger partial charge in [-0.05, 0) is 37.5 Å². The number of rotatable bonds is 4. The van der Waals surface area contributed by atoms with E-state index in [2.05, 4.69) is 41.7 Å². The number of hydrogen-bond acceptors (Lipinski definition) is 4. The standard InChI is InChI=1S/C19H21N3O2S/c1-11-6-12(2)17-14(10-24-18(17)13(11)3)7-16(23)20-8-15-9-22-4-5-25-19(22)21-15/h6,9-10H,4-5,7-8H2,1-3H3,(H,20,23). The van der Waals surface area contributed by atoms with E-state index in [0.717, 1.165) is 50.8 Å². The van der Waals surface area contributed by atoms with Crippen LogP contribution in [0.5, 0.6) is 0 Å². The topological polar surface area (TPSA) is 60.1 Å². The number of thioether (sulfide) groups is 1. The van der Waals surface area contributed by atoms with Crippen LogP contribution in [0.3, 0.4) is 0 Å². The maximum absolute atomic E-state index is 12.4. The number of aryl methyl sites for hydroxylation is 4. The van der Waals surface area contributed by atoms with Crippen LogP contribution >= 0.6 is 11.8 Å². The molecule has 0 bridgehead atoms. The Morgan fingerprint density at radius 3 is 3.00 bits per heavy atom. The van der Waals surface area contributed by atoms with Crippen LogP contribution in [0.1, 0.15) is 27.9 Å². The summed E-state index contributed by atoms with van der Waals surface area (Å²) < 4.78 is 7.89. The van der Waals surface area contributed by atoms with E-state index in [1.54, 1.807) is 18.0 Å². The molecule has 0 radical (unpaired) electrons. The van der Waals surface area contributed by atoms with Crippen LogP contribution in [0.25, 0.3) is 11.0 Å². The highest BCUT2D eigenvalue weighted by Crippen LogP contribution is 2.30. The van der Waals surface area contributed by atoms with Crippen molar-refractivity contribution in [2.75, 3.05) is 5.75 Å². The zero-order valence-electron chi connectivity index (χ0n) is 14.7. The molecule has 0 aliphatic carbocycles. The molecule has 0 fully saturated rings. The number of imidazole rings is 1. The molecular formula is C19H21N3O2S. The monoisotopic (exact) mass is 355 g/mol. The third-order valence-corrected chi connectivity index (χ3v) is 5.77. The van der Waals surface area contributed by atoms with Gasteiger partial charge in [0.1, 0.15) is 5.58 Å². The lowest BCUT2D eigenvalue weighted by Gasteiger charge is -2.06. The second-order valence-corrected chi connectivity index (χ2v) is 7.67. The van der Waals surface area contributed by atoms with Crippen molar-refractivity contribution < 1.29 is 9.21 Å². The fourth-order valence-electron chi connectivity index (χ4n) is 3.39. The third kappa shape index (κ3) is 2.95. The van der Waals surface area contributed by atoms with Crippen molar-refractivity contribution in [2.45, 2.75) is 45.4 Å². The van der Waals surface area contributed by atoms with E-state index in [4.69, 9.17) is 4.42 Å². The molecule has 0 spiro atoms. The number of aromatic nitrogens is 2. The minimum atomic E-state index is -0.0128. The SMILES string of the molecule is Cc1cc(C)c2c(CC(=O)NCc3cn4c(n3)SCC4)coc2c1C. The predicted molar refractivity (Wildman–Crippen MR) is 98.9 cm³/mol. The van der Waals surface area contributed by atoms with Crippen molar-refractivity contribution in [1.82, 2.24) is 14.9 Å². The van der Waals surface area contributed by atoms with Gasteiger partial charge in [0.2, 0.25) is 5.91 Å². The molecule has 4 rings (SSSR count). The Balaban J connectivity index is 1.47. The number of hydrogen-bond donors (Lipinski definition) is 1. The summed E-state index contributed by atoms with van der Waals surface area (Å²) in [5.41, 5.74) is 6.24. The van der Waals surface area contributed by atoms with E-state index in [9.17, 15) is 4.79 Å². The summed E-state index contributed by atoms with van der Waals surface area (Å²) in [5.74, 6) is 1.07. The number of furan rings is 1. The van der Waals surface area contributed by atoms with Crippen molar-refractivity contribution in [3.63, 3.8) is 0 Å². The van der Waals surface area contributed by atoms with Crippen molar-refractivity contribution in [2.24, 2.45) is 0 Å². The zero-order valence-corrected chi connectivity index (χ0v) is 15.5. The first-order valence-corrected chi connectivity index (χ1v) is 9.44. The van der Waals surface area contributed by atoms with Gasteiger partial charge in [0, 0.05) is 29.4 Å². The van der Waals surface area contributed by atoms with E-state index in [0.29, 0.717) is 13.0 Å². The van der Waals surface area contributed by atoms with Gasteiger partial charge in [0.05, 0.1) is 24.9 Å². The van der Waals surface area contributed by atoms with Gasteiger partial charge in [-0.1, -0.05) is 17.8 Å². The molecule has 1 aromatic carbocycles. The maximum atomic E-state index is 12.4. The highest BCUT2D eigenvalue weighted by molar-refractivity contribution is 7.99. The second-order valence-electron chi connectivity index (χ2n) is 6.61. The molecule has 6 heteroatoms. The number of nitrogens with zero attached hydrogens (tertiary/aromatic N) is 2. The van der Waals surface area contributed by atoms with Crippen molar-refractivity contribution in [3.8, 4) is 0 Å². The summed E-state index contributed by atoms with van der Waals surface area (Å²) >= 11 is 1.76. The Bertz CT molecular complexity index is 949. The lowest BCUT2D eigenvalue weighted by molar-refractivity contribution is -0.120. The molecule has 3 aromatic rings. The zero-order chi connectivity index (χ0) is 17.6. The van der Waals surface area contributed by atoms with Crippen LogP contribution in [0.4, 0.5) is 0 Å². The minimum Gasteiger partial charge on any atom is -0.464 e. The molecule has 1 aliphatic heterocycles. The van der Waals surface area contributed by atoms with Gasteiger partial charge in [0.15, 0.2) is 5.16 Å². The normalized spacial score (nSPS) is 13.4. The van der Waals surface area contributed by atoms with Gasteiger partial charge in [-0.15, -0.1) is 0 Å². The van der Waals surface area contributed by atoms with Gasteiger partial charge in [-0.2, -0.15) is 0 Å². The Labute approximate surface area is 150 Å². The van der Waals surface area contributed by atoms with Crippen molar-refractivity contribution in [3.05, 3.63) is 46.5 Å². The molecule has 2 aromatic heterocycles. The summed E-state index contributed by atoms with van der Waals surface area (Å²) in [5, 5.41) is 5.08. The minimum absolute atomic E-state index is 0.0128. The number of amides is 1. The lowest BCUT2D eigenvalue weighted by Crippen LogP contribution is -2.24. The first kappa shape index (κ1) is 16.3. The molecular weight excluding hydrogens is 334 g/mol. The second kappa shape index (κ2) is 6.26. The van der Waals surface area contributed by atoms with E-state index < -0.39 is 0 Å². The molecule has 25 heavy (non-hydrogen) atoms. The molecule has 5 nitrogen and oxygen atoms in total. The number of carbonyl (C=O) groups is 1. The Morgan fingerprint density at radius 1 is 1.36 bits per heavy atom. The number of fused-ring (bicyclic) bond motifs is 2. The smallest absolute Gasteiger partial charge is 0.224 e. The number of benzene rings is 1. The highest BCUT2D eigenvalue weighted by Gasteiger charge is 2.17. The average Bonchev–Trinajstić information content (AvgIpc) is 3.25. The maximum Gasteiger partial charge on any atom is 0.224 e. The molecule has 1 N–H and O–H groups in total. The summed E-state index contributed by atoms with van der Waals surface area (Å²) in [4.78, 5) is 16.9. The van der Waals surface area contributed by atoms with Crippen molar-refractivity contribution in [1.29, 1.82) is 0 Å². The van der Waals surface area contributed by atoms with E-state index >= 15 is 0 Å². The van der Waals surface area contributed by atoms with E-state index in [-0.39, 0.29) is 5.91 Å². The molecule has 1 amide bonds. The molecule has 0 atom stereocenters. The Hall–Kier alpha value is -2.21. The lowest BCUT2D eigenvalue weighted by atomic mass is 9.99. The largest absolute Gasteiger partial charge is 0.464 e. The molecule has 0 unspecified atom stereocenters.